The third kappa shape index (κ3) is 4.94. The Morgan fingerprint density at radius 2 is 1.77 bits per heavy atom. The van der Waals surface area contributed by atoms with Crippen LogP contribution in [0.15, 0.2) is 60.0 Å². The molecule has 3 aromatic rings. The Kier molecular flexibility index (Phi) is 6.63. The van der Waals surface area contributed by atoms with E-state index in [-0.39, 0.29) is 5.91 Å². The van der Waals surface area contributed by atoms with Crippen molar-refractivity contribution in [2.75, 3.05) is 49.2 Å². The van der Waals surface area contributed by atoms with E-state index < -0.39 is 0 Å². The third-order valence-electron chi connectivity index (χ3n) is 5.80. The maximum absolute atomic E-state index is 12.8. The summed E-state index contributed by atoms with van der Waals surface area (Å²) in [6.45, 7) is 8.20. The fourth-order valence-corrected chi connectivity index (χ4v) is 4.56. The highest BCUT2D eigenvalue weighted by molar-refractivity contribution is 7.99. The monoisotopic (exact) mass is 435 g/mol. The number of para-hydroxylation sites is 2. The quantitative estimate of drug-likeness (QED) is 0.594. The lowest BCUT2D eigenvalue weighted by Crippen LogP contribution is -2.44. The number of thioether (sulfide) groups is 1. The molecule has 0 radical (unpaired) electrons. The van der Waals surface area contributed by atoms with E-state index in [9.17, 15) is 4.79 Å². The highest BCUT2D eigenvalue weighted by Crippen LogP contribution is 2.28. The molecule has 1 aliphatic rings. The van der Waals surface area contributed by atoms with E-state index in [1.54, 1.807) is 6.20 Å². The summed E-state index contributed by atoms with van der Waals surface area (Å²) in [7, 11) is 2.14. The molecule has 1 amide bonds. The Hall–Kier alpha value is -2.77. The zero-order valence-corrected chi connectivity index (χ0v) is 19.2. The number of hydrogen-bond acceptors (Lipinski definition) is 5. The van der Waals surface area contributed by atoms with Crippen LogP contribution in [-0.4, -0.2) is 59.3 Å². The van der Waals surface area contributed by atoms with Crippen molar-refractivity contribution in [3.63, 3.8) is 0 Å². The molecule has 0 atom stereocenters. The summed E-state index contributed by atoms with van der Waals surface area (Å²) in [6, 6.07) is 14.3. The van der Waals surface area contributed by atoms with Gasteiger partial charge >= 0.3 is 0 Å². The number of aryl methyl sites for hydroxylation is 1. The van der Waals surface area contributed by atoms with Gasteiger partial charge in [-0.15, -0.1) is 0 Å². The summed E-state index contributed by atoms with van der Waals surface area (Å²) in [6.07, 6.45) is 3.73. The van der Waals surface area contributed by atoms with E-state index in [1.807, 2.05) is 30.5 Å². The number of aromatic nitrogens is 2. The van der Waals surface area contributed by atoms with Gasteiger partial charge in [0.05, 0.1) is 22.8 Å². The Balaban J connectivity index is 1.43. The molecule has 0 spiro atoms. The van der Waals surface area contributed by atoms with Crippen molar-refractivity contribution in [3.05, 3.63) is 66.0 Å². The smallest absolute Gasteiger partial charge is 0.234 e. The number of hydrogen-bond donors (Lipinski definition) is 1. The second-order valence-corrected chi connectivity index (χ2v) is 8.89. The van der Waals surface area contributed by atoms with Crippen LogP contribution < -0.4 is 10.2 Å². The van der Waals surface area contributed by atoms with Gasteiger partial charge in [-0.1, -0.05) is 36.0 Å². The van der Waals surface area contributed by atoms with Crippen LogP contribution in [0.1, 0.15) is 11.1 Å². The average molecular weight is 436 g/mol. The van der Waals surface area contributed by atoms with Crippen LogP contribution in [0, 0.1) is 13.8 Å². The summed E-state index contributed by atoms with van der Waals surface area (Å²) in [5.41, 5.74) is 5.51. The standard InChI is InChI=1S/C24H29N5OS/c1-18-7-6-10-21(19(18)2)29-12-11-25-24(29)31-17-23(30)26-20-8-4-5-9-22(20)28-15-13-27(3)14-16-28/h4-12H,13-17H2,1-3H3,(H,26,30). The van der Waals surface area contributed by atoms with Crippen LogP contribution in [-0.2, 0) is 4.79 Å². The zero-order chi connectivity index (χ0) is 21.8. The van der Waals surface area contributed by atoms with Gasteiger partial charge in [-0.25, -0.2) is 4.98 Å². The number of carbonyl (C=O) groups is 1. The van der Waals surface area contributed by atoms with Gasteiger partial charge in [0.1, 0.15) is 0 Å². The molecule has 1 fully saturated rings. The first-order chi connectivity index (χ1) is 15.0. The van der Waals surface area contributed by atoms with Crippen LogP contribution in [0.5, 0.6) is 0 Å². The number of piperazine rings is 1. The van der Waals surface area contributed by atoms with Crippen molar-refractivity contribution < 1.29 is 4.79 Å². The molecule has 0 unspecified atom stereocenters. The lowest BCUT2D eigenvalue weighted by molar-refractivity contribution is -0.113. The van der Waals surface area contributed by atoms with Gasteiger partial charge < -0.3 is 15.1 Å². The van der Waals surface area contributed by atoms with Gasteiger partial charge in [-0.3, -0.25) is 9.36 Å². The Morgan fingerprint density at radius 3 is 2.58 bits per heavy atom. The molecule has 7 heteroatoms. The molecule has 1 N–H and O–H groups in total. The van der Waals surface area contributed by atoms with E-state index in [2.05, 4.69) is 63.8 Å². The normalized spacial score (nSPS) is 14.6. The predicted molar refractivity (Wildman–Crippen MR) is 129 cm³/mol. The zero-order valence-electron chi connectivity index (χ0n) is 18.3. The molecule has 2 heterocycles. The SMILES string of the molecule is Cc1cccc(-n2ccnc2SCC(=O)Nc2ccccc2N2CCN(C)CC2)c1C. The maximum Gasteiger partial charge on any atom is 0.234 e. The number of benzene rings is 2. The molecule has 31 heavy (non-hydrogen) atoms. The van der Waals surface area contributed by atoms with Crippen LogP contribution in [0.2, 0.25) is 0 Å². The van der Waals surface area contributed by atoms with E-state index in [1.165, 1.54) is 22.9 Å². The van der Waals surface area contributed by atoms with Gasteiger partial charge in [-0.2, -0.15) is 0 Å². The lowest BCUT2D eigenvalue weighted by atomic mass is 10.1. The van der Waals surface area contributed by atoms with Crippen LogP contribution >= 0.6 is 11.8 Å². The van der Waals surface area contributed by atoms with Gasteiger partial charge in [0.25, 0.3) is 0 Å². The molecule has 1 saturated heterocycles. The lowest BCUT2D eigenvalue weighted by Gasteiger charge is -2.35. The molecule has 162 valence electrons. The van der Waals surface area contributed by atoms with E-state index >= 15 is 0 Å². The molecule has 6 nitrogen and oxygen atoms in total. The first-order valence-corrected chi connectivity index (χ1v) is 11.6. The largest absolute Gasteiger partial charge is 0.367 e. The predicted octanol–water partition coefficient (Wildman–Crippen LogP) is 3.97. The van der Waals surface area contributed by atoms with Crippen molar-refractivity contribution in [2.24, 2.45) is 0 Å². The van der Waals surface area contributed by atoms with Gasteiger partial charge in [0, 0.05) is 38.6 Å². The molecule has 1 aromatic heterocycles. The maximum atomic E-state index is 12.8. The van der Waals surface area contributed by atoms with Gasteiger partial charge in [0.2, 0.25) is 5.91 Å². The number of amides is 1. The molecule has 0 aliphatic carbocycles. The highest BCUT2D eigenvalue weighted by Gasteiger charge is 2.18. The first-order valence-electron chi connectivity index (χ1n) is 10.6. The number of likely N-dealkylation sites (N-methyl/N-ethyl adjacent to an activating group) is 1. The van der Waals surface area contributed by atoms with Crippen molar-refractivity contribution >= 4 is 29.0 Å². The number of anilines is 2. The molecular formula is C24H29N5OS. The minimum absolute atomic E-state index is 0.0258. The minimum Gasteiger partial charge on any atom is -0.367 e. The van der Waals surface area contributed by atoms with Crippen molar-refractivity contribution in [2.45, 2.75) is 19.0 Å². The summed E-state index contributed by atoms with van der Waals surface area (Å²) in [5, 5.41) is 3.93. The minimum atomic E-state index is -0.0258. The number of nitrogens with one attached hydrogen (secondary N) is 1. The fraction of sp³-hybridized carbons (Fsp3) is 0.333. The molecule has 1 aliphatic heterocycles. The topological polar surface area (TPSA) is 53.4 Å². The summed E-state index contributed by atoms with van der Waals surface area (Å²) >= 11 is 1.45. The van der Waals surface area contributed by atoms with Crippen LogP contribution in [0.3, 0.4) is 0 Å². The Bertz CT molecular complexity index is 1060. The Labute approximate surface area is 188 Å². The molecular weight excluding hydrogens is 406 g/mol. The molecule has 0 bridgehead atoms. The number of carbonyl (C=O) groups excluding carboxylic acids is 1. The van der Waals surface area contributed by atoms with E-state index in [4.69, 9.17) is 0 Å². The third-order valence-corrected chi connectivity index (χ3v) is 6.76. The summed E-state index contributed by atoms with van der Waals surface area (Å²) in [5.74, 6) is 0.279. The Morgan fingerprint density at radius 1 is 1.03 bits per heavy atom. The second kappa shape index (κ2) is 9.58. The average Bonchev–Trinajstić information content (AvgIpc) is 3.24. The number of nitrogens with zero attached hydrogens (tertiary/aromatic N) is 4. The van der Waals surface area contributed by atoms with Crippen LogP contribution in [0.4, 0.5) is 11.4 Å². The summed E-state index contributed by atoms with van der Waals surface area (Å²) < 4.78 is 2.05. The van der Waals surface area contributed by atoms with Gasteiger partial charge in [0.15, 0.2) is 5.16 Å². The molecule has 4 rings (SSSR count). The van der Waals surface area contributed by atoms with E-state index in [0.29, 0.717) is 5.75 Å². The second-order valence-electron chi connectivity index (χ2n) is 7.94. The van der Waals surface area contributed by atoms with Crippen molar-refractivity contribution in [1.29, 1.82) is 0 Å². The number of rotatable bonds is 6. The van der Waals surface area contributed by atoms with Crippen molar-refractivity contribution in [3.8, 4) is 5.69 Å². The fourth-order valence-electron chi connectivity index (χ4n) is 3.80. The van der Waals surface area contributed by atoms with Gasteiger partial charge in [-0.05, 0) is 50.2 Å². The van der Waals surface area contributed by atoms with Crippen molar-refractivity contribution in [1.82, 2.24) is 14.5 Å². The molecule has 0 saturated carbocycles. The highest BCUT2D eigenvalue weighted by atomic mass is 32.2. The summed E-state index contributed by atoms with van der Waals surface area (Å²) in [4.78, 5) is 21.9. The first kappa shape index (κ1) is 21.5. The number of imidazole rings is 1. The molecule has 2 aromatic carbocycles. The van der Waals surface area contributed by atoms with Crippen LogP contribution in [0.25, 0.3) is 5.69 Å². The van der Waals surface area contributed by atoms with E-state index in [0.717, 1.165) is 48.4 Å².